The van der Waals surface area contributed by atoms with E-state index in [0.29, 0.717) is 0 Å². The zero-order chi connectivity index (χ0) is 11.1. The van der Waals surface area contributed by atoms with E-state index in [-0.39, 0.29) is 5.82 Å². The smallest absolute Gasteiger partial charge is 0.123 e. The van der Waals surface area contributed by atoms with E-state index >= 15 is 0 Å². The molecule has 1 N–H and O–H groups in total. The molecule has 0 atom stereocenters. The molecule has 0 fully saturated rings. The van der Waals surface area contributed by atoms with Gasteiger partial charge in [-0.3, -0.25) is 0 Å². The van der Waals surface area contributed by atoms with Gasteiger partial charge in [-0.15, -0.1) is 11.3 Å². The van der Waals surface area contributed by atoms with Gasteiger partial charge in [-0.25, -0.2) is 4.39 Å². The molecule has 4 heteroatoms. The number of nitrogens with one attached hydrogen (secondary N) is 1. The van der Waals surface area contributed by atoms with Crippen molar-refractivity contribution in [2.45, 2.75) is 0 Å². The lowest BCUT2D eigenvalue weighted by atomic mass is 10.2. The van der Waals surface area contributed by atoms with Crippen LogP contribution >= 0.6 is 27.3 Å². The van der Waals surface area contributed by atoms with E-state index in [4.69, 9.17) is 0 Å². The molecule has 0 amide bonds. The maximum absolute atomic E-state index is 13.0. The van der Waals surface area contributed by atoms with Crippen molar-refractivity contribution in [1.82, 2.24) is 4.98 Å². The SMILES string of the molecule is Fc1ccc2[nH]c(-c3ccc(Br)s3)cc2c1. The summed E-state index contributed by atoms with van der Waals surface area (Å²) in [4.78, 5) is 4.42. The average Bonchev–Trinajstić information content (AvgIpc) is 2.83. The quantitative estimate of drug-likeness (QED) is 0.664. The van der Waals surface area contributed by atoms with E-state index in [9.17, 15) is 4.39 Å². The van der Waals surface area contributed by atoms with Gasteiger partial charge in [0, 0.05) is 10.9 Å². The summed E-state index contributed by atoms with van der Waals surface area (Å²) in [6.45, 7) is 0. The maximum Gasteiger partial charge on any atom is 0.123 e. The van der Waals surface area contributed by atoms with Crippen molar-refractivity contribution in [1.29, 1.82) is 0 Å². The van der Waals surface area contributed by atoms with Crippen molar-refractivity contribution in [3.8, 4) is 10.6 Å². The highest BCUT2D eigenvalue weighted by molar-refractivity contribution is 9.11. The van der Waals surface area contributed by atoms with Crippen molar-refractivity contribution in [3.05, 3.63) is 46.0 Å². The molecule has 0 radical (unpaired) electrons. The largest absolute Gasteiger partial charge is 0.354 e. The summed E-state index contributed by atoms with van der Waals surface area (Å²) in [5, 5.41) is 0.902. The highest BCUT2D eigenvalue weighted by Gasteiger charge is 2.06. The minimum atomic E-state index is -0.203. The monoisotopic (exact) mass is 295 g/mol. The van der Waals surface area contributed by atoms with Crippen molar-refractivity contribution < 1.29 is 4.39 Å². The zero-order valence-corrected chi connectivity index (χ0v) is 10.5. The lowest BCUT2D eigenvalue weighted by Crippen LogP contribution is -1.71. The van der Waals surface area contributed by atoms with Gasteiger partial charge in [-0.2, -0.15) is 0 Å². The Morgan fingerprint density at radius 2 is 2.00 bits per heavy atom. The summed E-state index contributed by atoms with van der Waals surface area (Å²) in [5.41, 5.74) is 1.98. The Morgan fingerprint density at radius 3 is 2.75 bits per heavy atom. The van der Waals surface area contributed by atoms with Crippen LogP contribution in [0.5, 0.6) is 0 Å². The van der Waals surface area contributed by atoms with Gasteiger partial charge in [0.15, 0.2) is 0 Å². The lowest BCUT2D eigenvalue weighted by Gasteiger charge is -1.89. The summed E-state index contributed by atoms with van der Waals surface area (Å²) in [7, 11) is 0. The zero-order valence-electron chi connectivity index (χ0n) is 8.13. The number of rotatable bonds is 1. The first-order chi connectivity index (χ1) is 7.72. The number of benzene rings is 1. The fraction of sp³-hybridized carbons (Fsp3) is 0. The molecule has 0 unspecified atom stereocenters. The van der Waals surface area contributed by atoms with Crippen molar-refractivity contribution in [2.24, 2.45) is 0 Å². The van der Waals surface area contributed by atoms with Gasteiger partial charge < -0.3 is 4.98 Å². The summed E-state index contributed by atoms with van der Waals surface area (Å²) in [5.74, 6) is -0.203. The van der Waals surface area contributed by atoms with E-state index < -0.39 is 0 Å². The molecular weight excluding hydrogens is 289 g/mol. The third-order valence-electron chi connectivity index (χ3n) is 2.42. The molecule has 80 valence electrons. The fourth-order valence-corrected chi connectivity index (χ4v) is 3.05. The van der Waals surface area contributed by atoms with Crippen LogP contribution < -0.4 is 0 Å². The highest BCUT2D eigenvalue weighted by Crippen LogP contribution is 2.32. The highest BCUT2D eigenvalue weighted by atomic mass is 79.9. The molecular formula is C12H7BrFNS. The van der Waals surface area contributed by atoms with Gasteiger partial charge in [0.1, 0.15) is 5.82 Å². The topological polar surface area (TPSA) is 15.8 Å². The summed E-state index contributed by atoms with van der Waals surface area (Å²) >= 11 is 5.08. The van der Waals surface area contributed by atoms with Crippen LogP contribution in [0, 0.1) is 5.82 Å². The number of H-pyrrole nitrogens is 1. The van der Waals surface area contributed by atoms with Crippen molar-refractivity contribution in [2.75, 3.05) is 0 Å². The molecule has 0 saturated carbocycles. The number of fused-ring (bicyclic) bond motifs is 1. The Labute approximate surface area is 104 Å². The third-order valence-corrected chi connectivity index (χ3v) is 4.08. The molecule has 0 aliphatic carbocycles. The van der Waals surface area contributed by atoms with Crippen LogP contribution in [0.2, 0.25) is 0 Å². The third kappa shape index (κ3) is 1.68. The minimum absolute atomic E-state index is 0.203. The van der Waals surface area contributed by atoms with Gasteiger partial charge in [0.2, 0.25) is 0 Å². The maximum atomic E-state index is 13.0. The molecule has 2 aromatic heterocycles. The number of hydrogen-bond acceptors (Lipinski definition) is 1. The van der Waals surface area contributed by atoms with E-state index in [1.54, 1.807) is 17.4 Å². The van der Waals surface area contributed by atoms with Gasteiger partial charge in [-0.1, -0.05) is 0 Å². The number of halogens is 2. The van der Waals surface area contributed by atoms with Crippen LogP contribution in [-0.2, 0) is 0 Å². The molecule has 16 heavy (non-hydrogen) atoms. The number of aromatic nitrogens is 1. The van der Waals surface area contributed by atoms with E-state index in [0.717, 1.165) is 25.3 Å². The number of aromatic amines is 1. The van der Waals surface area contributed by atoms with Crippen LogP contribution in [0.1, 0.15) is 0 Å². The van der Waals surface area contributed by atoms with Crippen molar-refractivity contribution in [3.63, 3.8) is 0 Å². The van der Waals surface area contributed by atoms with Crippen molar-refractivity contribution >= 4 is 38.2 Å². The fourth-order valence-electron chi connectivity index (χ4n) is 1.70. The van der Waals surface area contributed by atoms with Gasteiger partial charge in [-0.05, 0) is 52.3 Å². The molecule has 1 nitrogen and oxygen atoms in total. The van der Waals surface area contributed by atoms with E-state index in [1.165, 1.54) is 12.1 Å². The first-order valence-electron chi connectivity index (χ1n) is 4.76. The van der Waals surface area contributed by atoms with Gasteiger partial charge >= 0.3 is 0 Å². The Kier molecular flexibility index (Phi) is 2.33. The van der Waals surface area contributed by atoms with Crippen LogP contribution in [0.4, 0.5) is 4.39 Å². The Morgan fingerprint density at radius 1 is 1.12 bits per heavy atom. The first-order valence-corrected chi connectivity index (χ1v) is 6.37. The summed E-state index contributed by atoms with van der Waals surface area (Å²) in [6.07, 6.45) is 0. The predicted octanol–water partition coefficient (Wildman–Crippen LogP) is 4.80. The second-order valence-corrected chi connectivity index (χ2v) is 5.98. The van der Waals surface area contributed by atoms with Crippen LogP contribution in [0.15, 0.2) is 40.2 Å². The first kappa shape index (κ1) is 10.1. The molecule has 0 saturated heterocycles. The molecule has 3 aromatic rings. The van der Waals surface area contributed by atoms with E-state index in [2.05, 4.69) is 20.9 Å². The number of hydrogen-bond donors (Lipinski definition) is 1. The van der Waals surface area contributed by atoms with E-state index in [1.807, 2.05) is 18.2 Å². The Bertz CT molecular complexity index is 656. The van der Waals surface area contributed by atoms with Crippen LogP contribution in [-0.4, -0.2) is 4.98 Å². The Hall–Kier alpha value is -1.13. The molecule has 0 aliphatic rings. The standard InChI is InChI=1S/C12H7BrFNS/c13-12-4-3-11(16-12)10-6-7-5-8(14)1-2-9(7)15-10/h1-6,15H. The summed E-state index contributed by atoms with van der Waals surface area (Å²) < 4.78 is 14.1. The number of thiophene rings is 1. The normalized spacial score (nSPS) is 11.1. The molecule has 3 rings (SSSR count). The second kappa shape index (κ2) is 3.71. The molecule has 2 heterocycles. The molecule has 0 spiro atoms. The van der Waals surface area contributed by atoms with Gasteiger partial charge in [0.05, 0.1) is 14.4 Å². The minimum Gasteiger partial charge on any atom is -0.354 e. The predicted molar refractivity (Wildman–Crippen MR) is 69.3 cm³/mol. The molecule has 0 bridgehead atoms. The molecule has 1 aromatic carbocycles. The summed E-state index contributed by atoms with van der Waals surface area (Å²) in [6, 6.07) is 10.8. The van der Waals surface area contributed by atoms with Crippen LogP contribution in [0.25, 0.3) is 21.5 Å². The second-order valence-electron chi connectivity index (χ2n) is 3.52. The average molecular weight is 296 g/mol. The molecule has 0 aliphatic heterocycles. The Balaban J connectivity index is 2.18. The van der Waals surface area contributed by atoms with Gasteiger partial charge in [0.25, 0.3) is 0 Å². The lowest BCUT2D eigenvalue weighted by molar-refractivity contribution is 0.630. The van der Waals surface area contributed by atoms with Crippen LogP contribution in [0.3, 0.4) is 0 Å².